The minimum Gasteiger partial charge on any atom is -0.466 e. The Morgan fingerprint density at radius 2 is 2.00 bits per heavy atom. The predicted octanol–water partition coefficient (Wildman–Crippen LogP) is 2.65. The molecular formula is C20H27N3O3. The number of esters is 1. The summed E-state index contributed by atoms with van der Waals surface area (Å²) in [6.45, 7) is 5.71. The monoisotopic (exact) mass is 357 g/mol. The summed E-state index contributed by atoms with van der Waals surface area (Å²) in [5.74, 6) is -0.414. The number of urea groups is 1. The van der Waals surface area contributed by atoms with Crippen molar-refractivity contribution in [1.82, 2.24) is 15.5 Å². The van der Waals surface area contributed by atoms with Crippen LogP contribution >= 0.6 is 0 Å². The number of hydrogen-bond acceptors (Lipinski definition) is 4. The highest BCUT2D eigenvalue weighted by molar-refractivity contribution is 5.95. The van der Waals surface area contributed by atoms with E-state index in [0.29, 0.717) is 23.9 Å². The van der Waals surface area contributed by atoms with Crippen LogP contribution in [0, 0.1) is 6.92 Å². The molecule has 140 valence electrons. The molecule has 2 N–H and O–H groups in total. The second-order valence-electron chi connectivity index (χ2n) is 7.14. The molecule has 3 rings (SSSR count). The molecule has 0 saturated carbocycles. The first-order valence-electron chi connectivity index (χ1n) is 9.19. The van der Waals surface area contributed by atoms with E-state index in [1.165, 1.54) is 13.5 Å². The molecule has 0 radical (unpaired) electrons. The van der Waals surface area contributed by atoms with Crippen LogP contribution in [0.3, 0.4) is 0 Å². The first-order chi connectivity index (χ1) is 12.5. The molecule has 2 heterocycles. The Morgan fingerprint density at radius 1 is 1.27 bits per heavy atom. The van der Waals surface area contributed by atoms with Gasteiger partial charge in [0.15, 0.2) is 0 Å². The zero-order chi connectivity index (χ0) is 18.7. The standard InChI is InChI=1S/C20H27N3O3/c1-13-7-9-15(10-8-13)18-17(19(24)26-3)16(21-20(25)22-18)12-23-11-5-4-6-14(23)2/h7-10,14,18H,4-6,11-12H2,1-3H3,(H2,21,22,25)/t14-,18+/m1/s1. The molecule has 1 saturated heterocycles. The first kappa shape index (κ1) is 18.5. The number of hydrogen-bond donors (Lipinski definition) is 2. The predicted molar refractivity (Wildman–Crippen MR) is 99.5 cm³/mol. The average molecular weight is 357 g/mol. The molecule has 0 unspecified atom stereocenters. The van der Waals surface area contributed by atoms with Gasteiger partial charge in [-0.1, -0.05) is 36.2 Å². The number of piperidine rings is 1. The number of likely N-dealkylation sites (tertiary alicyclic amines) is 1. The molecule has 0 bridgehead atoms. The van der Waals surface area contributed by atoms with E-state index in [9.17, 15) is 9.59 Å². The minimum atomic E-state index is -0.508. The zero-order valence-corrected chi connectivity index (χ0v) is 15.7. The lowest BCUT2D eigenvalue weighted by molar-refractivity contribution is -0.136. The van der Waals surface area contributed by atoms with Crippen molar-refractivity contribution in [2.45, 2.75) is 45.2 Å². The van der Waals surface area contributed by atoms with Crippen LogP contribution in [0.25, 0.3) is 0 Å². The van der Waals surface area contributed by atoms with Crippen LogP contribution in [0.5, 0.6) is 0 Å². The van der Waals surface area contributed by atoms with Crippen molar-refractivity contribution in [3.05, 3.63) is 46.7 Å². The molecule has 1 aromatic rings. The van der Waals surface area contributed by atoms with E-state index in [4.69, 9.17) is 4.74 Å². The number of aryl methyl sites for hydroxylation is 1. The third-order valence-electron chi connectivity index (χ3n) is 5.27. The van der Waals surface area contributed by atoms with Crippen molar-refractivity contribution in [3.63, 3.8) is 0 Å². The van der Waals surface area contributed by atoms with Crippen LogP contribution in [-0.4, -0.2) is 43.1 Å². The van der Waals surface area contributed by atoms with Gasteiger partial charge in [0, 0.05) is 18.3 Å². The second-order valence-corrected chi connectivity index (χ2v) is 7.14. The van der Waals surface area contributed by atoms with Gasteiger partial charge in [-0.25, -0.2) is 9.59 Å². The number of nitrogens with one attached hydrogen (secondary N) is 2. The molecule has 6 nitrogen and oxygen atoms in total. The van der Waals surface area contributed by atoms with Crippen molar-refractivity contribution >= 4 is 12.0 Å². The molecular weight excluding hydrogens is 330 g/mol. The number of benzene rings is 1. The molecule has 1 aromatic carbocycles. The summed E-state index contributed by atoms with van der Waals surface area (Å²) in [4.78, 5) is 27.2. The fourth-order valence-electron chi connectivity index (χ4n) is 3.70. The smallest absolute Gasteiger partial charge is 0.338 e. The van der Waals surface area contributed by atoms with Gasteiger partial charge in [0.1, 0.15) is 0 Å². The first-order valence-corrected chi connectivity index (χ1v) is 9.19. The highest BCUT2D eigenvalue weighted by Crippen LogP contribution is 2.29. The lowest BCUT2D eigenvalue weighted by atomic mass is 9.93. The quantitative estimate of drug-likeness (QED) is 0.813. The lowest BCUT2D eigenvalue weighted by Crippen LogP contribution is -2.50. The molecule has 2 aliphatic rings. The SMILES string of the molecule is COC(=O)C1=C(CN2CCCC[C@H]2C)NC(=O)N[C@H]1c1ccc(C)cc1. The molecule has 1 fully saturated rings. The lowest BCUT2D eigenvalue weighted by Gasteiger charge is -2.36. The molecule has 6 heteroatoms. The maximum Gasteiger partial charge on any atom is 0.338 e. The molecule has 2 aliphatic heterocycles. The number of methoxy groups -OCH3 is 1. The van der Waals surface area contributed by atoms with Crippen LogP contribution in [0.4, 0.5) is 4.79 Å². The van der Waals surface area contributed by atoms with E-state index in [0.717, 1.165) is 30.5 Å². The van der Waals surface area contributed by atoms with Gasteiger partial charge in [0.25, 0.3) is 0 Å². The summed E-state index contributed by atoms with van der Waals surface area (Å²) < 4.78 is 5.04. The van der Waals surface area contributed by atoms with Crippen molar-refractivity contribution < 1.29 is 14.3 Å². The molecule has 0 spiro atoms. The Bertz CT molecular complexity index is 712. The molecule has 26 heavy (non-hydrogen) atoms. The molecule has 0 aliphatic carbocycles. The number of rotatable bonds is 4. The van der Waals surface area contributed by atoms with Gasteiger partial charge >= 0.3 is 12.0 Å². The summed E-state index contributed by atoms with van der Waals surface area (Å²) >= 11 is 0. The Balaban J connectivity index is 1.98. The number of nitrogens with zero attached hydrogens (tertiary/aromatic N) is 1. The van der Waals surface area contributed by atoms with E-state index < -0.39 is 12.0 Å². The van der Waals surface area contributed by atoms with Gasteiger partial charge in [-0.15, -0.1) is 0 Å². The van der Waals surface area contributed by atoms with Crippen molar-refractivity contribution in [2.75, 3.05) is 20.2 Å². The molecule has 2 amide bonds. The van der Waals surface area contributed by atoms with E-state index >= 15 is 0 Å². The maximum atomic E-state index is 12.6. The third kappa shape index (κ3) is 3.90. The Labute approximate surface area is 154 Å². The van der Waals surface area contributed by atoms with E-state index in [1.54, 1.807) is 0 Å². The Kier molecular flexibility index (Phi) is 5.61. The second kappa shape index (κ2) is 7.91. The van der Waals surface area contributed by atoms with Gasteiger partial charge in [-0.3, -0.25) is 4.90 Å². The summed E-state index contributed by atoms with van der Waals surface area (Å²) in [7, 11) is 1.37. The molecule has 0 aromatic heterocycles. The molecule has 2 atom stereocenters. The van der Waals surface area contributed by atoms with Crippen LogP contribution in [0.1, 0.15) is 43.4 Å². The van der Waals surface area contributed by atoms with Gasteiger partial charge in [-0.05, 0) is 38.8 Å². The van der Waals surface area contributed by atoms with Crippen LogP contribution in [0.15, 0.2) is 35.5 Å². The number of carbonyl (C=O) groups is 2. The fourth-order valence-corrected chi connectivity index (χ4v) is 3.70. The van der Waals surface area contributed by atoms with Crippen molar-refractivity contribution in [3.8, 4) is 0 Å². The fraction of sp³-hybridized carbons (Fsp3) is 0.500. The highest BCUT2D eigenvalue weighted by atomic mass is 16.5. The summed E-state index contributed by atoms with van der Waals surface area (Å²) in [6.07, 6.45) is 3.49. The Hall–Kier alpha value is -2.34. The largest absolute Gasteiger partial charge is 0.466 e. The Morgan fingerprint density at radius 3 is 2.65 bits per heavy atom. The van der Waals surface area contributed by atoms with Gasteiger partial charge < -0.3 is 15.4 Å². The van der Waals surface area contributed by atoms with Gasteiger partial charge in [-0.2, -0.15) is 0 Å². The minimum absolute atomic E-state index is 0.289. The van der Waals surface area contributed by atoms with Crippen molar-refractivity contribution in [1.29, 1.82) is 0 Å². The maximum absolute atomic E-state index is 12.6. The third-order valence-corrected chi connectivity index (χ3v) is 5.27. The van der Waals surface area contributed by atoms with Crippen LogP contribution in [-0.2, 0) is 9.53 Å². The zero-order valence-electron chi connectivity index (χ0n) is 15.7. The van der Waals surface area contributed by atoms with E-state index in [-0.39, 0.29) is 6.03 Å². The van der Waals surface area contributed by atoms with Gasteiger partial charge in [0.2, 0.25) is 0 Å². The number of amides is 2. The van der Waals surface area contributed by atoms with Gasteiger partial charge in [0.05, 0.1) is 18.7 Å². The van der Waals surface area contributed by atoms with Crippen LogP contribution in [0.2, 0.25) is 0 Å². The number of carbonyl (C=O) groups excluding carboxylic acids is 2. The number of ether oxygens (including phenoxy) is 1. The summed E-state index contributed by atoms with van der Waals surface area (Å²) in [5, 5.41) is 5.72. The normalized spacial score (nSPS) is 24.0. The van der Waals surface area contributed by atoms with Crippen LogP contribution < -0.4 is 10.6 Å². The average Bonchev–Trinajstić information content (AvgIpc) is 2.63. The summed E-state index contributed by atoms with van der Waals surface area (Å²) in [5.41, 5.74) is 3.11. The highest BCUT2D eigenvalue weighted by Gasteiger charge is 2.34. The van der Waals surface area contributed by atoms with E-state index in [1.807, 2.05) is 31.2 Å². The van der Waals surface area contributed by atoms with Crippen molar-refractivity contribution in [2.24, 2.45) is 0 Å². The van der Waals surface area contributed by atoms with E-state index in [2.05, 4.69) is 22.5 Å². The topological polar surface area (TPSA) is 70.7 Å². The summed E-state index contributed by atoms with van der Waals surface area (Å²) in [6, 6.07) is 7.47.